The molecule has 0 saturated carbocycles. The monoisotopic (exact) mass is 336 g/mol. The van der Waals surface area contributed by atoms with Gasteiger partial charge in [-0.15, -0.1) is 0 Å². The number of hydrogen-bond donors (Lipinski definition) is 1. The molecule has 0 fully saturated rings. The van der Waals surface area contributed by atoms with E-state index < -0.39 is 0 Å². The quantitative estimate of drug-likeness (QED) is 0.917. The van der Waals surface area contributed by atoms with E-state index in [9.17, 15) is 9.59 Å². The van der Waals surface area contributed by atoms with Crippen LogP contribution in [0.2, 0.25) is 10.0 Å². The number of halogens is 2. The summed E-state index contributed by atoms with van der Waals surface area (Å²) < 4.78 is 0. The zero-order valence-electron chi connectivity index (χ0n) is 11.8. The molecule has 2 aromatic carbocycles. The van der Waals surface area contributed by atoms with Crippen LogP contribution in [-0.4, -0.2) is 18.4 Å². The maximum absolute atomic E-state index is 12.2. The Morgan fingerprint density at radius 3 is 2.14 bits per heavy atom. The molecule has 0 atom stereocenters. The molecular weight excluding hydrogens is 323 g/mol. The lowest BCUT2D eigenvalue weighted by Crippen LogP contribution is -2.36. The predicted octanol–water partition coefficient (Wildman–Crippen LogP) is 3.99. The highest BCUT2D eigenvalue weighted by Gasteiger charge is 2.17. The molecule has 0 aliphatic carbocycles. The summed E-state index contributed by atoms with van der Waals surface area (Å²) in [5.74, 6) is -0.611. The minimum Gasteiger partial charge on any atom is -0.322 e. The first-order valence-corrected chi connectivity index (χ1v) is 7.31. The lowest BCUT2D eigenvalue weighted by Gasteiger charge is -2.21. The summed E-state index contributed by atoms with van der Waals surface area (Å²) in [6.07, 6.45) is 0. The minimum atomic E-state index is -0.381. The van der Waals surface area contributed by atoms with Gasteiger partial charge in [0, 0.05) is 12.6 Å². The van der Waals surface area contributed by atoms with Crippen LogP contribution in [-0.2, 0) is 9.59 Å². The molecule has 0 aliphatic heterocycles. The fraction of sp³-hybridized carbons (Fsp3) is 0.125. The number of rotatable bonds is 4. The van der Waals surface area contributed by atoms with Crippen molar-refractivity contribution in [3.05, 3.63) is 58.6 Å². The number of anilines is 2. The van der Waals surface area contributed by atoms with E-state index in [0.717, 1.165) is 0 Å². The maximum Gasteiger partial charge on any atom is 0.244 e. The van der Waals surface area contributed by atoms with Gasteiger partial charge in [0.1, 0.15) is 6.54 Å². The number of nitrogens with one attached hydrogen (secondary N) is 1. The summed E-state index contributed by atoms with van der Waals surface area (Å²) in [4.78, 5) is 25.3. The zero-order valence-corrected chi connectivity index (χ0v) is 13.4. The second kappa shape index (κ2) is 7.29. The molecule has 0 spiro atoms. The Bertz CT molecular complexity index is 670. The van der Waals surface area contributed by atoms with Crippen molar-refractivity contribution in [2.75, 3.05) is 16.8 Å². The topological polar surface area (TPSA) is 49.4 Å². The molecule has 1 N–H and O–H groups in total. The van der Waals surface area contributed by atoms with Crippen LogP contribution < -0.4 is 10.2 Å². The normalized spacial score (nSPS) is 10.1. The fourth-order valence-electron chi connectivity index (χ4n) is 1.93. The highest BCUT2D eigenvalue weighted by atomic mass is 35.5. The van der Waals surface area contributed by atoms with Gasteiger partial charge in [0.05, 0.1) is 15.7 Å². The van der Waals surface area contributed by atoms with Crippen LogP contribution in [0, 0.1) is 0 Å². The molecule has 6 heteroatoms. The van der Waals surface area contributed by atoms with Crippen LogP contribution in [0.5, 0.6) is 0 Å². The molecule has 2 rings (SSSR count). The van der Waals surface area contributed by atoms with E-state index in [1.807, 2.05) is 6.07 Å². The van der Waals surface area contributed by atoms with E-state index >= 15 is 0 Å². The Balaban J connectivity index is 2.14. The minimum absolute atomic E-state index is 0.124. The summed E-state index contributed by atoms with van der Waals surface area (Å²) in [7, 11) is 0. The lowest BCUT2D eigenvalue weighted by atomic mass is 10.2. The molecule has 2 amide bonds. The van der Waals surface area contributed by atoms with Gasteiger partial charge in [-0.1, -0.05) is 47.5 Å². The van der Waals surface area contributed by atoms with E-state index in [0.29, 0.717) is 21.4 Å². The molecule has 0 heterocycles. The molecular formula is C16H14Cl2N2O2. The van der Waals surface area contributed by atoms with Gasteiger partial charge < -0.3 is 10.2 Å². The van der Waals surface area contributed by atoms with Gasteiger partial charge in [0.15, 0.2) is 0 Å². The number of para-hydroxylation sites is 2. The summed E-state index contributed by atoms with van der Waals surface area (Å²) in [5, 5.41) is 3.32. The third-order valence-corrected chi connectivity index (χ3v) is 3.61. The number of amides is 2. The van der Waals surface area contributed by atoms with Crippen LogP contribution in [0.15, 0.2) is 48.5 Å². The first-order valence-electron chi connectivity index (χ1n) is 6.56. The number of benzene rings is 2. The molecule has 0 aliphatic rings. The van der Waals surface area contributed by atoms with Gasteiger partial charge in [-0.25, -0.2) is 0 Å². The highest BCUT2D eigenvalue weighted by Crippen LogP contribution is 2.29. The summed E-state index contributed by atoms with van der Waals surface area (Å²) in [6, 6.07) is 13.9. The Kier molecular flexibility index (Phi) is 5.41. The SMILES string of the molecule is CC(=O)N(CC(=O)Nc1c(Cl)cccc1Cl)c1ccccc1. The summed E-state index contributed by atoms with van der Waals surface area (Å²) in [6.45, 7) is 1.28. The summed E-state index contributed by atoms with van der Waals surface area (Å²) >= 11 is 12.0. The molecule has 114 valence electrons. The van der Waals surface area contributed by atoms with Gasteiger partial charge in [-0.3, -0.25) is 9.59 Å². The Hall–Kier alpha value is -2.04. The Morgan fingerprint density at radius 2 is 1.59 bits per heavy atom. The average molecular weight is 337 g/mol. The second-order valence-electron chi connectivity index (χ2n) is 4.59. The molecule has 0 saturated heterocycles. The van der Waals surface area contributed by atoms with Crippen molar-refractivity contribution in [3.8, 4) is 0 Å². The van der Waals surface area contributed by atoms with Crippen LogP contribution >= 0.6 is 23.2 Å². The largest absolute Gasteiger partial charge is 0.322 e. The number of nitrogens with zero attached hydrogens (tertiary/aromatic N) is 1. The molecule has 0 bridgehead atoms. The van der Waals surface area contributed by atoms with E-state index in [-0.39, 0.29) is 18.4 Å². The smallest absolute Gasteiger partial charge is 0.244 e. The van der Waals surface area contributed by atoms with E-state index in [1.54, 1.807) is 42.5 Å². The molecule has 0 aromatic heterocycles. The van der Waals surface area contributed by atoms with Gasteiger partial charge in [0.25, 0.3) is 0 Å². The van der Waals surface area contributed by atoms with Crippen molar-refractivity contribution < 1.29 is 9.59 Å². The van der Waals surface area contributed by atoms with Crippen molar-refractivity contribution in [2.45, 2.75) is 6.92 Å². The van der Waals surface area contributed by atoms with Crippen LogP contribution in [0.4, 0.5) is 11.4 Å². The van der Waals surface area contributed by atoms with E-state index in [1.165, 1.54) is 11.8 Å². The predicted molar refractivity (Wildman–Crippen MR) is 89.6 cm³/mol. The molecule has 22 heavy (non-hydrogen) atoms. The molecule has 4 nitrogen and oxygen atoms in total. The number of carbonyl (C=O) groups is 2. The van der Waals surface area contributed by atoms with Crippen LogP contribution in [0.25, 0.3) is 0 Å². The fourth-order valence-corrected chi connectivity index (χ4v) is 2.42. The van der Waals surface area contributed by atoms with E-state index in [4.69, 9.17) is 23.2 Å². The van der Waals surface area contributed by atoms with Gasteiger partial charge in [-0.05, 0) is 24.3 Å². The maximum atomic E-state index is 12.2. The standard InChI is InChI=1S/C16H14Cl2N2O2/c1-11(21)20(12-6-3-2-4-7-12)10-15(22)19-16-13(17)8-5-9-14(16)18/h2-9H,10H2,1H3,(H,19,22). The third-order valence-electron chi connectivity index (χ3n) is 2.98. The third kappa shape index (κ3) is 4.00. The molecule has 2 aromatic rings. The first kappa shape index (κ1) is 16.3. The second-order valence-corrected chi connectivity index (χ2v) is 5.40. The van der Waals surface area contributed by atoms with Gasteiger partial charge >= 0.3 is 0 Å². The van der Waals surface area contributed by atoms with Crippen LogP contribution in [0.1, 0.15) is 6.92 Å². The summed E-state index contributed by atoms with van der Waals surface area (Å²) in [5.41, 5.74) is 0.989. The van der Waals surface area contributed by atoms with Crippen molar-refractivity contribution in [1.29, 1.82) is 0 Å². The van der Waals surface area contributed by atoms with Crippen molar-refractivity contribution in [2.24, 2.45) is 0 Å². The van der Waals surface area contributed by atoms with Gasteiger partial charge in [0.2, 0.25) is 11.8 Å². The Labute approximate surface area is 138 Å². The van der Waals surface area contributed by atoms with E-state index in [2.05, 4.69) is 5.32 Å². The van der Waals surface area contributed by atoms with Crippen molar-refractivity contribution in [1.82, 2.24) is 0 Å². The molecule has 0 radical (unpaired) electrons. The number of hydrogen-bond acceptors (Lipinski definition) is 2. The number of carbonyl (C=O) groups excluding carboxylic acids is 2. The van der Waals surface area contributed by atoms with Crippen molar-refractivity contribution in [3.63, 3.8) is 0 Å². The first-order chi connectivity index (χ1) is 10.5. The zero-order chi connectivity index (χ0) is 16.1. The van der Waals surface area contributed by atoms with Crippen LogP contribution in [0.3, 0.4) is 0 Å². The average Bonchev–Trinajstić information content (AvgIpc) is 2.49. The molecule has 0 unspecified atom stereocenters. The highest BCUT2D eigenvalue weighted by molar-refractivity contribution is 6.39. The Morgan fingerprint density at radius 1 is 1.00 bits per heavy atom. The lowest BCUT2D eigenvalue weighted by molar-refractivity contribution is -0.120. The van der Waals surface area contributed by atoms with Gasteiger partial charge in [-0.2, -0.15) is 0 Å². The van der Waals surface area contributed by atoms with Crippen molar-refractivity contribution >= 4 is 46.4 Å².